The molecule has 0 bridgehead atoms. The number of carbonyl (C=O) groups is 2. The summed E-state index contributed by atoms with van der Waals surface area (Å²) in [6, 6.07) is 10.3. The number of amides is 2. The monoisotopic (exact) mass is 426 g/mol. The number of hydrogen-bond acceptors (Lipinski definition) is 5. The molecule has 0 heterocycles. The lowest BCUT2D eigenvalue weighted by Gasteiger charge is -2.17. The number of hydrogen-bond donors (Lipinski definition) is 2. The Kier molecular flexibility index (Phi) is 7.76. The molecule has 0 aliphatic heterocycles. The highest BCUT2D eigenvalue weighted by Crippen LogP contribution is 2.38. The van der Waals surface area contributed by atoms with Crippen molar-refractivity contribution in [1.82, 2.24) is 5.32 Å². The number of benzene rings is 2. The summed E-state index contributed by atoms with van der Waals surface area (Å²) in [6.07, 6.45) is 6.79. The van der Waals surface area contributed by atoms with Crippen LogP contribution in [0.2, 0.25) is 0 Å². The summed E-state index contributed by atoms with van der Waals surface area (Å²) in [6.45, 7) is 0. The largest absolute Gasteiger partial charge is 0.493 e. The number of nitrogens with one attached hydrogen (secondary N) is 2. The van der Waals surface area contributed by atoms with Gasteiger partial charge in [0.25, 0.3) is 11.8 Å². The maximum absolute atomic E-state index is 12.8. The highest BCUT2D eigenvalue weighted by molar-refractivity contribution is 6.06. The van der Waals surface area contributed by atoms with E-state index in [0.717, 1.165) is 25.7 Å². The van der Waals surface area contributed by atoms with Gasteiger partial charge in [-0.3, -0.25) is 9.59 Å². The van der Waals surface area contributed by atoms with E-state index in [0.29, 0.717) is 34.1 Å². The third-order valence-electron chi connectivity index (χ3n) is 5.50. The first-order valence-electron chi connectivity index (χ1n) is 10.6. The molecule has 2 aromatic carbocycles. The molecular formula is C24H30N2O5. The SMILES string of the molecule is COc1cc(C(=O)Nc2cccc(C(=O)NC3CCCCCC3)c2)cc(OC)c1OC. The summed E-state index contributed by atoms with van der Waals surface area (Å²) in [5.74, 6) is 0.738. The molecule has 0 spiro atoms. The second-order valence-corrected chi connectivity index (χ2v) is 7.61. The van der Waals surface area contributed by atoms with Crippen molar-refractivity contribution in [2.45, 2.75) is 44.6 Å². The Hall–Kier alpha value is -3.22. The van der Waals surface area contributed by atoms with Crippen LogP contribution in [0.4, 0.5) is 5.69 Å². The zero-order valence-electron chi connectivity index (χ0n) is 18.3. The number of ether oxygens (including phenoxy) is 3. The average molecular weight is 427 g/mol. The number of methoxy groups -OCH3 is 3. The Balaban J connectivity index is 1.73. The number of anilines is 1. The third kappa shape index (κ3) is 5.69. The van der Waals surface area contributed by atoms with Gasteiger partial charge in [-0.2, -0.15) is 0 Å². The minimum absolute atomic E-state index is 0.115. The van der Waals surface area contributed by atoms with Crippen LogP contribution in [0.15, 0.2) is 36.4 Å². The lowest BCUT2D eigenvalue weighted by molar-refractivity contribution is 0.0932. The van der Waals surface area contributed by atoms with Crippen LogP contribution in [0, 0.1) is 0 Å². The Morgan fingerprint density at radius 1 is 0.806 bits per heavy atom. The molecule has 1 aliphatic rings. The van der Waals surface area contributed by atoms with Gasteiger partial charge in [0.1, 0.15) is 0 Å². The molecule has 0 radical (unpaired) electrons. The molecule has 2 aromatic rings. The van der Waals surface area contributed by atoms with Crippen LogP contribution in [0.5, 0.6) is 17.2 Å². The van der Waals surface area contributed by atoms with Gasteiger partial charge < -0.3 is 24.8 Å². The van der Waals surface area contributed by atoms with Crippen LogP contribution in [0.25, 0.3) is 0 Å². The van der Waals surface area contributed by atoms with Gasteiger partial charge in [0.2, 0.25) is 5.75 Å². The molecule has 2 amide bonds. The van der Waals surface area contributed by atoms with Gasteiger partial charge in [0, 0.05) is 22.9 Å². The molecule has 0 saturated heterocycles. The van der Waals surface area contributed by atoms with Crippen molar-refractivity contribution >= 4 is 17.5 Å². The molecule has 0 atom stereocenters. The molecule has 1 saturated carbocycles. The van der Waals surface area contributed by atoms with Gasteiger partial charge >= 0.3 is 0 Å². The molecule has 1 fully saturated rings. The fraction of sp³-hybridized carbons (Fsp3) is 0.417. The fourth-order valence-corrected chi connectivity index (χ4v) is 3.85. The van der Waals surface area contributed by atoms with E-state index in [9.17, 15) is 9.59 Å². The summed E-state index contributed by atoms with van der Waals surface area (Å²) >= 11 is 0. The van der Waals surface area contributed by atoms with Crippen LogP contribution < -0.4 is 24.8 Å². The number of carbonyl (C=O) groups excluding carboxylic acids is 2. The van der Waals surface area contributed by atoms with Crippen molar-refractivity contribution < 1.29 is 23.8 Å². The van der Waals surface area contributed by atoms with Crippen molar-refractivity contribution in [3.8, 4) is 17.2 Å². The summed E-state index contributed by atoms with van der Waals surface area (Å²) in [7, 11) is 4.50. The molecule has 166 valence electrons. The van der Waals surface area contributed by atoms with Gasteiger partial charge in [-0.05, 0) is 43.2 Å². The predicted octanol–water partition coefficient (Wildman–Crippen LogP) is 4.42. The van der Waals surface area contributed by atoms with Crippen LogP contribution in [0.1, 0.15) is 59.2 Å². The molecule has 1 aliphatic carbocycles. The van der Waals surface area contributed by atoms with E-state index in [1.807, 2.05) is 0 Å². The van der Waals surface area contributed by atoms with Crippen LogP contribution in [-0.4, -0.2) is 39.2 Å². The average Bonchev–Trinajstić information content (AvgIpc) is 3.06. The summed E-state index contributed by atoms with van der Waals surface area (Å²) in [5.41, 5.74) is 1.40. The maximum atomic E-state index is 12.8. The predicted molar refractivity (Wildman–Crippen MR) is 119 cm³/mol. The zero-order chi connectivity index (χ0) is 22.2. The molecule has 3 rings (SSSR count). The van der Waals surface area contributed by atoms with Gasteiger partial charge in [0.15, 0.2) is 11.5 Å². The van der Waals surface area contributed by atoms with Crippen LogP contribution >= 0.6 is 0 Å². The van der Waals surface area contributed by atoms with E-state index in [-0.39, 0.29) is 17.9 Å². The first-order valence-corrected chi connectivity index (χ1v) is 10.6. The Labute approximate surface area is 183 Å². The molecule has 31 heavy (non-hydrogen) atoms. The molecule has 0 aromatic heterocycles. The lowest BCUT2D eigenvalue weighted by Crippen LogP contribution is -2.34. The first kappa shape index (κ1) is 22.5. The van der Waals surface area contributed by atoms with Crippen molar-refractivity contribution in [1.29, 1.82) is 0 Å². The van der Waals surface area contributed by atoms with E-state index in [1.54, 1.807) is 36.4 Å². The summed E-state index contributed by atoms with van der Waals surface area (Å²) in [4.78, 5) is 25.5. The molecule has 7 heteroatoms. The fourth-order valence-electron chi connectivity index (χ4n) is 3.85. The van der Waals surface area contributed by atoms with E-state index in [2.05, 4.69) is 10.6 Å². The Morgan fingerprint density at radius 2 is 1.45 bits per heavy atom. The summed E-state index contributed by atoms with van der Waals surface area (Å²) in [5, 5.41) is 5.97. The second-order valence-electron chi connectivity index (χ2n) is 7.61. The van der Waals surface area contributed by atoms with Crippen molar-refractivity contribution in [2.75, 3.05) is 26.6 Å². The topological polar surface area (TPSA) is 85.9 Å². The van der Waals surface area contributed by atoms with E-state index >= 15 is 0 Å². The molecule has 2 N–H and O–H groups in total. The molecule has 7 nitrogen and oxygen atoms in total. The van der Waals surface area contributed by atoms with Crippen molar-refractivity contribution in [3.63, 3.8) is 0 Å². The van der Waals surface area contributed by atoms with Crippen LogP contribution in [-0.2, 0) is 0 Å². The zero-order valence-corrected chi connectivity index (χ0v) is 18.3. The van der Waals surface area contributed by atoms with Crippen molar-refractivity contribution in [3.05, 3.63) is 47.5 Å². The van der Waals surface area contributed by atoms with E-state index in [4.69, 9.17) is 14.2 Å². The lowest BCUT2D eigenvalue weighted by atomic mass is 10.1. The first-order chi connectivity index (χ1) is 15.0. The molecular weight excluding hydrogens is 396 g/mol. The van der Waals surface area contributed by atoms with Crippen molar-refractivity contribution in [2.24, 2.45) is 0 Å². The Morgan fingerprint density at radius 3 is 2.03 bits per heavy atom. The molecule has 0 unspecified atom stereocenters. The minimum atomic E-state index is -0.347. The Bertz CT molecular complexity index is 895. The number of rotatable bonds is 7. The normalized spacial score (nSPS) is 14.3. The quantitative estimate of drug-likeness (QED) is 0.640. The van der Waals surface area contributed by atoms with Gasteiger partial charge in [-0.15, -0.1) is 0 Å². The second kappa shape index (κ2) is 10.7. The highest BCUT2D eigenvalue weighted by Gasteiger charge is 2.19. The highest BCUT2D eigenvalue weighted by atomic mass is 16.5. The van der Waals surface area contributed by atoms with E-state index < -0.39 is 0 Å². The summed E-state index contributed by atoms with van der Waals surface area (Å²) < 4.78 is 15.9. The van der Waals surface area contributed by atoms with E-state index in [1.165, 1.54) is 34.2 Å². The van der Waals surface area contributed by atoms with Crippen LogP contribution in [0.3, 0.4) is 0 Å². The smallest absolute Gasteiger partial charge is 0.255 e. The van der Waals surface area contributed by atoms with Gasteiger partial charge in [-0.1, -0.05) is 31.7 Å². The maximum Gasteiger partial charge on any atom is 0.255 e. The third-order valence-corrected chi connectivity index (χ3v) is 5.50. The van der Waals surface area contributed by atoms with Gasteiger partial charge in [0.05, 0.1) is 21.3 Å². The minimum Gasteiger partial charge on any atom is -0.493 e. The van der Waals surface area contributed by atoms with Gasteiger partial charge in [-0.25, -0.2) is 0 Å². The standard InChI is InChI=1S/C24H30N2O5/c1-29-20-14-17(15-21(30-2)22(20)31-3)24(28)26-19-12-8-9-16(13-19)23(27)25-18-10-6-4-5-7-11-18/h8-9,12-15,18H,4-7,10-11H2,1-3H3,(H,25,27)(H,26,28).